The smallest absolute Gasteiger partial charge is 0.336 e. The fourth-order valence-electron chi connectivity index (χ4n) is 13.2. The summed E-state index contributed by atoms with van der Waals surface area (Å²) in [7, 11) is 1.42. The number of hydrogen-bond acceptors (Lipinski definition) is 17. The lowest BCUT2D eigenvalue weighted by atomic mass is 9.78. The van der Waals surface area contributed by atoms with Crippen molar-refractivity contribution in [2.75, 3.05) is 53.2 Å². The number of aliphatic carboxylic acids is 1. The first kappa shape index (κ1) is 89.0. The molecular formula is C83H92Cl6N10O14. The number of halogens is 6. The molecule has 0 bridgehead atoms. The van der Waals surface area contributed by atoms with Crippen LogP contribution in [0, 0.1) is 5.41 Å². The Labute approximate surface area is 683 Å². The quantitative estimate of drug-likeness (QED) is 0.0130. The molecule has 600 valence electrons. The number of ketones is 1. The number of fused-ring (bicyclic) bond motifs is 9. The van der Waals surface area contributed by atoms with Gasteiger partial charge in [0.25, 0.3) is 0 Å². The molecule has 0 fully saturated rings. The molecule has 12 N–H and O–H groups in total. The van der Waals surface area contributed by atoms with Gasteiger partial charge in [0.05, 0.1) is 33.5 Å². The summed E-state index contributed by atoms with van der Waals surface area (Å²) >= 11 is 35.8. The molecule has 0 spiro atoms. The number of carboxylic acid groups (broad SMARTS) is 1. The molecule has 1 aliphatic carbocycles. The molecule has 6 aromatic carbocycles. The van der Waals surface area contributed by atoms with Crippen molar-refractivity contribution in [3.05, 3.63) is 215 Å². The van der Waals surface area contributed by atoms with Crippen molar-refractivity contribution in [2.24, 2.45) is 11.1 Å². The summed E-state index contributed by atoms with van der Waals surface area (Å²) in [6.45, 7) is 15.7. The molecule has 3 aliphatic rings. The lowest BCUT2D eigenvalue weighted by molar-refractivity contribution is -0.173. The van der Waals surface area contributed by atoms with Gasteiger partial charge < -0.3 is 80.6 Å². The van der Waals surface area contributed by atoms with Crippen molar-refractivity contribution in [1.29, 1.82) is 0 Å². The maximum Gasteiger partial charge on any atom is 0.336 e. The topological polar surface area (TPSA) is 358 Å². The van der Waals surface area contributed by atoms with Crippen molar-refractivity contribution in [3.63, 3.8) is 0 Å². The highest BCUT2D eigenvalue weighted by Crippen LogP contribution is 2.40. The lowest BCUT2D eigenvalue weighted by Gasteiger charge is -2.27. The van der Waals surface area contributed by atoms with Gasteiger partial charge in [-0.05, 0) is 214 Å². The third kappa shape index (κ3) is 23.8. The lowest BCUT2D eigenvalue weighted by Crippen LogP contribution is -2.44. The number of aliphatic hydroxyl groups excluding tert-OH is 1. The maximum absolute atomic E-state index is 12.6. The molecule has 2 aliphatic heterocycles. The van der Waals surface area contributed by atoms with Crippen molar-refractivity contribution < 1.29 is 67.5 Å². The minimum atomic E-state index is -1.72. The highest BCUT2D eigenvalue weighted by Gasteiger charge is 2.49. The van der Waals surface area contributed by atoms with E-state index in [9.17, 15) is 43.5 Å². The van der Waals surface area contributed by atoms with Gasteiger partial charge in [-0.2, -0.15) is 0 Å². The van der Waals surface area contributed by atoms with Gasteiger partial charge in [-0.3, -0.25) is 33.7 Å². The van der Waals surface area contributed by atoms with Crippen LogP contribution < -0.4 is 21.7 Å². The number of Topliss-reactive ketones (excluding diaryl/α,β-unsaturated/α-hetero) is 1. The average molecular weight is 1670 g/mol. The molecule has 7 heterocycles. The largest absolute Gasteiger partial charge is 0.480 e. The minimum absolute atomic E-state index is 0.0241. The molecular weight excluding hydrogens is 1570 g/mol. The number of amides is 1. The fraction of sp³-hybridized carbons (Fsp3) is 0.325. The van der Waals surface area contributed by atoms with E-state index in [0.29, 0.717) is 34.7 Å². The molecule has 30 heteroatoms. The third-order valence-electron chi connectivity index (χ3n) is 19.0. The summed E-state index contributed by atoms with van der Waals surface area (Å²) < 4.78 is 19.5. The first-order valence-electron chi connectivity index (χ1n) is 36.5. The second kappa shape index (κ2) is 43.1. The monoisotopic (exact) mass is 1660 g/mol. The number of nitrogens with two attached hydrogens (primary N) is 1. The molecule has 4 atom stereocenters. The molecule has 1 amide bonds. The first-order valence-corrected chi connectivity index (χ1v) is 38.8. The summed E-state index contributed by atoms with van der Waals surface area (Å²) in [5.74, 6) is -3.90. The Morgan fingerprint density at radius 3 is 1.69 bits per heavy atom. The number of nitrogens with zero attached hydrogens (tertiary/aromatic N) is 1. The second-order valence-corrected chi connectivity index (χ2v) is 29.1. The van der Waals surface area contributed by atoms with Crippen molar-refractivity contribution in [3.8, 4) is 0 Å². The third-order valence-corrected chi connectivity index (χ3v) is 20.5. The van der Waals surface area contributed by atoms with Gasteiger partial charge in [0.15, 0.2) is 17.2 Å². The van der Waals surface area contributed by atoms with E-state index in [1.807, 2.05) is 85.1 Å². The fourth-order valence-corrected chi connectivity index (χ4v) is 14.2. The predicted molar refractivity (Wildman–Crippen MR) is 445 cm³/mol. The number of carbonyl (C=O) groups is 8. The van der Waals surface area contributed by atoms with Crippen LogP contribution in [0.5, 0.6) is 0 Å². The Bertz CT molecular complexity index is 5140. The van der Waals surface area contributed by atoms with Gasteiger partial charge in [-0.25, -0.2) is 4.79 Å². The van der Waals surface area contributed by atoms with E-state index >= 15 is 0 Å². The molecule has 5 aromatic heterocycles. The highest BCUT2D eigenvalue weighted by molar-refractivity contribution is 6.33. The van der Waals surface area contributed by atoms with E-state index in [4.69, 9.17) is 94.7 Å². The van der Waals surface area contributed by atoms with Crippen molar-refractivity contribution >= 4 is 178 Å². The van der Waals surface area contributed by atoms with E-state index in [2.05, 4.69) is 76.6 Å². The Kier molecular flexibility index (Phi) is 33.9. The SMILES string of the molecule is CCN(CC)Cc1c[nH]c2ccc(Cl)cc12.CCOC(=O)C(CC=O)(Cc1c[nH]c2ccc(Cl)cc12)C(=O)OCC.CCOC(=O)C(NC=O)C(C)=O.COC(=O)C1CC2=C(CN1)Cc1ccc(Cl)cc12.Clc1ccc2[nH]ccc2c1.NC(Cc1c[nH]c2ccc(Cl)cc12)C(=O)O.OCC1Cc2c([nH]c3ccc(Cl)cc23)CN1. The van der Waals surface area contributed by atoms with Gasteiger partial charge >= 0.3 is 29.8 Å². The second-order valence-electron chi connectivity index (χ2n) is 26.4. The van der Waals surface area contributed by atoms with E-state index in [1.54, 1.807) is 63.5 Å². The summed E-state index contributed by atoms with van der Waals surface area (Å²) in [6.07, 6.45) is 10.7. The van der Waals surface area contributed by atoms with Gasteiger partial charge in [-0.1, -0.05) is 89.5 Å². The molecule has 113 heavy (non-hydrogen) atoms. The number of H-pyrrole nitrogens is 5. The molecule has 14 rings (SSSR count). The van der Waals surface area contributed by atoms with Crippen LogP contribution in [0.15, 0.2) is 146 Å². The Morgan fingerprint density at radius 2 is 1.15 bits per heavy atom. The number of aromatic amines is 5. The molecule has 0 saturated heterocycles. The average Bonchev–Trinajstić information content (AvgIpc) is 1.64. The number of nitrogens with one attached hydrogen (secondary N) is 8. The standard InChI is InChI=1S/C18H20ClNO5.C14H14ClNO2.C13H17ClN2.C12H13ClN2O.C11H11ClN2O2.C8H6ClN.C7H11NO4/c1-3-24-16(22)18(7-8-21,17(23)25-4-2)10-12-11-20-15-6-5-13(19)9-14(12)15;1-18-14(17)13-6-12-9(7-16-13)4-8-2-3-10(15)5-11(8)12;1-3-16(4-2)9-10-8-15-13-6-5-11(14)7-12(10)13;13-7-1-2-11-9(3-7)10-4-8(6-16)14-5-12(10)15-11;12-7-1-2-10-8(4-7)6(5-14-10)3-9(13)11(15)16;9-7-1-2-8-6(5-7)3-4-10-8;1-3-12-7(11)6(5(2)10)8-4-9/h5-6,8-9,11,20H,3-4,7,10H2,1-2H3;2-3,5,13,16H,4,6-7H2,1H3;5-8,15H,3-4,9H2,1-2H3;1-3,8,14-16H,4-6H2;1-2,4-5,9,14H,3,13H2,(H,15,16);1-5,10H;4,6H,3H2,1-2H3,(H,8,9). The number of methoxy groups -OCH3 is 1. The number of hydrogen-bond donors (Lipinski definition) is 11. The number of benzene rings is 6. The first-order chi connectivity index (χ1) is 54.2. The van der Waals surface area contributed by atoms with E-state index in [1.165, 1.54) is 63.9 Å². The van der Waals surface area contributed by atoms with Crippen LogP contribution in [0.3, 0.4) is 0 Å². The zero-order chi connectivity index (χ0) is 82.1. The number of carboxylic acids is 1. The van der Waals surface area contributed by atoms with Gasteiger partial charge in [0.2, 0.25) is 6.41 Å². The number of aromatic nitrogens is 5. The van der Waals surface area contributed by atoms with Crippen molar-refractivity contribution in [1.82, 2.24) is 45.8 Å². The molecule has 11 aromatic rings. The number of aliphatic hydroxyl groups is 1. The zero-order valence-electron chi connectivity index (χ0n) is 63.4. The van der Waals surface area contributed by atoms with Crippen LogP contribution in [0.4, 0.5) is 0 Å². The zero-order valence-corrected chi connectivity index (χ0v) is 68.0. The normalized spacial score (nSPS) is 14.4. The summed E-state index contributed by atoms with van der Waals surface area (Å²) in [5.41, 5.74) is 19.4. The highest BCUT2D eigenvalue weighted by atomic mass is 35.5. The molecule has 0 radical (unpaired) electrons. The molecule has 24 nitrogen and oxygen atoms in total. The Balaban J connectivity index is 0.000000168. The molecule has 0 saturated carbocycles. The van der Waals surface area contributed by atoms with Gasteiger partial charge in [0, 0.05) is 160 Å². The summed E-state index contributed by atoms with van der Waals surface area (Å²) in [5, 5.41) is 36.0. The maximum atomic E-state index is 12.6. The summed E-state index contributed by atoms with van der Waals surface area (Å²) in [4.78, 5) is 109. The summed E-state index contributed by atoms with van der Waals surface area (Å²) in [6, 6.07) is 34.2. The van der Waals surface area contributed by atoms with Crippen LogP contribution in [0.1, 0.15) is 93.5 Å². The Hall–Kier alpha value is -9.54. The Morgan fingerprint density at radius 1 is 0.628 bits per heavy atom. The predicted octanol–water partition coefficient (Wildman–Crippen LogP) is 14.6. The van der Waals surface area contributed by atoms with E-state index in [-0.39, 0.29) is 63.7 Å². The number of esters is 4. The molecule has 4 unspecified atom stereocenters. The number of rotatable bonds is 22. The van der Waals surface area contributed by atoms with Crippen LogP contribution in [0.25, 0.3) is 60.1 Å². The number of ether oxygens (including phenoxy) is 4. The number of carbonyl (C=O) groups excluding carboxylic acids is 7. The van der Waals surface area contributed by atoms with E-state index < -0.39 is 47.2 Å². The number of aldehydes is 1. The van der Waals surface area contributed by atoms with Gasteiger partial charge in [-0.15, -0.1) is 0 Å². The van der Waals surface area contributed by atoms with E-state index in [0.717, 1.165) is 115 Å². The van der Waals surface area contributed by atoms with Crippen LogP contribution in [-0.4, -0.2) is 166 Å². The minimum Gasteiger partial charge on any atom is -0.480 e. The van der Waals surface area contributed by atoms with Crippen molar-refractivity contribution in [2.45, 2.75) is 117 Å². The van der Waals surface area contributed by atoms with Gasteiger partial charge in [0.1, 0.15) is 18.4 Å². The van der Waals surface area contributed by atoms with Crippen LogP contribution in [-0.2, 0) is 96.1 Å². The van der Waals surface area contributed by atoms with Crippen LogP contribution >= 0.6 is 69.6 Å². The van der Waals surface area contributed by atoms with Crippen LogP contribution in [0.2, 0.25) is 30.1 Å².